The van der Waals surface area contributed by atoms with Crippen molar-refractivity contribution in [2.45, 2.75) is 44.3 Å². The number of aromatic hydroxyl groups is 1. The van der Waals surface area contributed by atoms with E-state index < -0.39 is 11.2 Å². The maximum absolute atomic E-state index is 12.2. The summed E-state index contributed by atoms with van der Waals surface area (Å²) in [7, 11) is 0. The van der Waals surface area contributed by atoms with Gasteiger partial charge in [-0.05, 0) is 119 Å². The van der Waals surface area contributed by atoms with Gasteiger partial charge >= 0.3 is 0 Å². The molecule has 38 heavy (non-hydrogen) atoms. The molecule has 3 aromatic carbocycles. The second kappa shape index (κ2) is 12.9. The summed E-state index contributed by atoms with van der Waals surface area (Å²) in [6, 6.07) is 28.5. The SMILES string of the molecule is [O-][S+](CCCCCOc1ccc(C2=C(c3ccccc3)CCCc3cc(O)ccc32)cc1)Cc1ccco1. The largest absolute Gasteiger partial charge is 0.616 e. The Labute approximate surface area is 228 Å². The van der Waals surface area contributed by atoms with Gasteiger partial charge in [-0.25, -0.2) is 0 Å². The lowest BCUT2D eigenvalue weighted by molar-refractivity contribution is 0.306. The third-order valence-corrected chi connectivity index (χ3v) is 8.32. The average molecular weight is 527 g/mol. The number of hydrogen-bond donors (Lipinski definition) is 1. The molecule has 0 amide bonds. The number of phenolic OH excluding ortho intramolecular Hbond substituents is 1. The minimum atomic E-state index is -0.884. The van der Waals surface area contributed by atoms with Crippen molar-refractivity contribution in [3.8, 4) is 11.5 Å². The molecule has 196 valence electrons. The van der Waals surface area contributed by atoms with E-state index in [-0.39, 0.29) is 0 Å². The van der Waals surface area contributed by atoms with Crippen LogP contribution in [0.2, 0.25) is 0 Å². The number of furan rings is 1. The summed E-state index contributed by atoms with van der Waals surface area (Å²) in [5.41, 5.74) is 7.36. The summed E-state index contributed by atoms with van der Waals surface area (Å²) in [6.45, 7) is 0.643. The Balaban J connectivity index is 1.22. The van der Waals surface area contributed by atoms with Gasteiger partial charge in [0.05, 0.1) is 12.9 Å². The van der Waals surface area contributed by atoms with E-state index in [1.807, 2.05) is 30.3 Å². The highest BCUT2D eigenvalue weighted by atomic mass is 32.2. The highest BCUT2D eigenvalue weighted by Gasteiger charge is 2.20. The van der Waals surface area contributed by atoms with Gasteiger partial charge < -0.3 is 18.8 Å². The molecule has 1 aromatic heterocycles. The number of benzene rings is 3. The van der Waals surface area contributed by atoms with E-state index in [1.54, 1.807) is 12.3 Å². The number of phenols is 1. The average Bonchev–Trinajstić information content (AvgIpc) is 3.37. The third-order valence-electron chi connectivity index (χ3n) is 6.97. The van der Waals surface area contributed by atoms with Crippen LogP contribution >= 0.6 is 0 Å². The molecule has 1 atom stereocenters. The first-order chi connectivity index (χ1) is 18.7. The van der Waals surface area contributed by atoms with E-state index in [4.69, 9.17) is 9.15 Å². The zero-order chi connectivity index (χ0) is 26.2. The van der Waals surface area contributed by atoms with Gasteiger partial charge in [-0.15, -0.1) is 0 Å². The van der Waals surface area contributed by atoms with Crippen LogP contribution in [0, 0.1) is 0 Å². The predicted molar refractivity (Wildman–Crippen MR) is 155 cm³/mol. The number of unbranched alkanes of at least 4 members (excludes halogenated alkanes) is 2. The molecule has 5 rings (SSSR count). The lowest BCUT2D eigenvalue weighted by Crippen LogP contribution is -2.09. The first-order valence-electron chi connectivity index (χ1n) is 13.4. The van der Waals surface area contributed by atoms with Crippen molar-refractivity contribution in [3.05, 3.63) is 119 Å². The van der Waals surface area contributed by atoms with Crippen LogP contribution in [0.15, 0.2) is 95.6 Å². The Kier molecular flexibility index (Phi) is 8.90. The van der Waals surface area contributed by atoms with E-state index in [0.717, 1.165) is 55.6 Å². The van der Waals surface area contributed by atoms with Gasteiger partial charge in [0, 0.05) is 0 Å². The standard InChI is InChI=1S/C33H34O4S/c34-28-16-19-32-27(23-28)11-7-13-31(25-9-3-1-4-10-25)33(32)26-14-17-29(18-15-26)36-20-5-2-6-22-38(35)24-30-12-8-21-37-30/h1,3-4,8-10,12,14-19,21,23,34H,2,5-7,11,13,20,22,24H2. The van der Waals surface area contributed by atoms with Crippen molar-refractivity contribution in [1.29, 1.82) is 0 Å². The Morgan fingerprint density at radius 1 is 0.842 bits per heavy atom. The van der Waals surface area contributed by atoms with Crippen molar-refractivity contribution < 1.29 is 18.8 Å². The molecule has 1 N–H and O–H groups in total. The summed E-state index contributed by atoms with van der Waals surface area (Å²) >= 11 is -0.884. The summed E-state index contributed by atoms with van der Waals surface area (Å²) in [6.07, 6.45) is 7.43. The Morgan fingerprint density at radius 3 is 2.47 bits per heavy atom. The first-order valence-corrected chi connectivity index (χ1v) is 14.9. The van der Waals surface area contributed by atoms with E-state index in [0.29, 0.717) is 23.9 Å². The molecule has 0 saturated heterocycles. The van der Waals surface area contributed by atoms with Gasteiger partial charge in [0.2, 0.25) is 0 Å². The van der Waals surface area contributed by atoms with Crippen LogP contribution in [0.25, 0.3) is 11.1 Å². The zero-order valence-electron chi connectivity index (χ0n) is 21.6. The molecular formula is C33H34O4S. The van der Waals surface area contributed by atoms with Gasteiger partial charge in [0.25, 0.3) is 0 Å². The maximum atomic E-state index is 12.2. The molecule has 1 heterocycles. The van der Waals surface area contributed by atoms with Crippen molar-refractivity contribution in [2.75, 3.05) is 12.4 Å². The number of allylic oxidation sites excluding steroid dienone is 1. The molecule has 4 aromatic rings. The second-order valence-electron chi connectivity index (χ2n) is 9.72. The Morgan fingerprint density at radius 2 is 1.68 bits per heavy atom. The smallest absolute Gasteiger partial charge is 0.162 e. The number of ether oxygens (including phenoxy) is 1. The fourth-order valence-corrected chi connectivity index (χ4v) is 6.26. The Bertz CT molecular complexity index is 1330. The molecular weight excluding hydrogens is 492 g/mol. The van der Waals surface area contributed by atoms with Crippen LogP contribution in [0.4, 0.5) is 0 Å². The van der Waals surface area contributed by atoms with Gasteiger partial charge in [0.15, 0.2) is 11.5 Å². The highest BCUT2D eigenvalue weighted by Crippen LogP contribution is 2.41. The van der Waals surface area contributed by atoms with E-state index >= 15 is 0 Å². The fourth-order valence-electron chi connectivity index (χ4n) is 5.11. The predicted octanol–water partition coefficient (Wildman–Crippen LogP) is 7.78. The third kappa shape index (κ3) is 6.72. The molecule has 0 radical (unpaired) electrons. The van der Waals surface area contributed by atoms with Crippen LogP contribution in [0.1, 0.15) is 60.1 Å². The van der Waals surface area contributed by atoms with Gasteiger partial charge in [-0.1, -0.05) is 48.5 Å². The molecule has 0 aliphatic heterocycles. The second-order valence-corrected chi connectivity index (χ2v) is 11.3. The van der Waals surface area contributed by atoms with Crippen LogP contribution < -0.4 is 4.74 Å². The lowest BCUT2D eigenvalue weighted by Gasteiger charge is -2.17. The molecule has 0 bridgehead atoms. The molecule has 0 fully saturated rings. The number of rotatable bonds is 11. The first kappa shape index (κ1) is 26.2. The number of fused-ring (bicyclic) bond motifs is 1. The minimum Gasteiger partial charge on any atom is -0.616 e. The quantitative estimate of drug-likeness (QED) is 0.160. The van der Waals surface area contributed by atoms with Gasteiger partial charge in [-0.3, -0.25) is 0 Å². The molecule has 0 spiro atoms. The van der Waals surface area contributed by atoms with Crippen LogP contribution in [0.5, 0.6) is 11.5 Å². The summed E-state index contributed by atoms with van der Waals surface area (Å²) in [5, 5.41) is 10.1. The zero-order valence-corrected chi connectivity index (χ0v) is 22.4. The summed E-state index contributed by atoms with van der Waals surface area (Å²) in [5.74, 6) is 3.14. The number of hydrogen-bond acceptors (Lipinski definition) is 4. The molecule has 4 nitrogen and oxygen atoms in total. The maximum Gasteiger partial charge on any atom is 0.162 e. The topological polar surface area (TPSA) is 65.7 Å². The lowest BCUT2D eigenvalue weighted by atomic mass is 9.88. The van der Waals surface area contributed by atoms with Crippen molar-refractivity contribution in [2.24, 2.45) is 0 Å². The molecule has 5 heteroatoms. The molecule has 1 aliphatic carbocycles. The minimum absolute atomic E-state index is 0.318. The van der Waals surface area contributed by atoms with E-state index in [2.05, 4.69) is 48.5 Å². The van der Waals surface area contributed by atoms with Crippen LogP contribution in [-0.4, -0.2) is 22.0 Å². The molecule has 1 aliphatic rings. The Hall–Kier alpha value is -3.41. The van der Waals surface area contributed by atoms with Gasteiger partial charge in [0.1, 0.15) is 17.3 Å². The monoisotopic (exact) mass is 526 g/mol. The summed E-state index contributed by atoms with van der Waals surface area (Å²) < 4.78 is 23.5. The van der Waals surface area contributed by atoms with Crippen molar-refractivity contribution in [3.63, 3.8) is 0 Å². The van der Waals surface area contributed by atoms with E-state index in [1.165, 1.54) is 27.8 Å². The summed E-state index contributed by atoms with van der Waals surface area (Å²) in [4.78, 5) is 0. The molecule has 1 unspecified atom stereocenters. The number of aryl methyl sites for hydroxylation is 1. The molecule has 0 saturated carbocycles. The van der Waals surface area contributed by atoms with Crippen molar-refractivity contribution in [1.82, 2.24) is 0 Å². The highest BCUT2D eigenvalue weighted by molar-refractivity contribution is 7.90. The van der Waals surface area contributed by atoms with Crippen molar-refractivity contribution >= 4 is 22.3 Å². The van der Waals surface area contributed by atoms with E-state index in [9.17, 15) is 9.66 Å². The van der Waals surface area contributed by atoms with Gasteiger partial charge in [-0.2, -0.15) is 0 Å². The van der Waals surface area contributed by atoms with Crippen LogP contribution in [-0.2, 0) is 23.3 Å². The fraction of sp³-hybridized carbons (Fsp3) is 0.273. The van der Waals surface area contributed by atoms with Crippen LogP contribution in [0.3, 0.4) is 0 Å². The normalized spacial score (nSPS) is 14.1.